The van der Waals surface area contributed by atoms with Crippen LogP contribution in [0.2, 0.25) is 5.15 Å². The molecule has 0 aliphatic heterocycles. The van der Waals surface area contributed by atoms with Gasteiger partial charge in [0.25, 0.3) is 0 Å². The van der Waals surface area contributed by atoms with Gasteiger partial charge in [-0.15, -0.1) is 0 Å². The average Bonchev–Trinajstić information content (AvgIpc) is 2.52. The number of hydrogen-bond donors (Lipinski definition) is 1. The van der Waals surface area contributed by atoms with Crippen molar-refractivity contribution >= 4 is 17.4 Å². The van der Waals surface area contributed by atoms with Crippen LogP contribution in [-0.4, -0.2) is 16.0 Å². The molecule has 0 bridgehead atoms. The molecular weight excluding hydrogens is 246 g/mol. The Hall–Kier alpha value is -0.830. The summed E-state index contributed by atoms with van der Waals surface area (Å²) in [5.74, 6) is 1.42. The van der Waals surface area contributed by atoms with Crippen LogP contribution in [0.3, 0.4) is 0 Å². The fourth-order valence-electron chi connectivity index (χ4n) is 2.55. The molecule has 18 heavy (non-hydrogen) atoms. The molecule has 0 spiro atoms. The molecule has 1 fully saturated rings. The third-order valence-corrected chi connectivity index (χ3v) is 4.21. The number of aromatic nitrogens is 2. The molecule has 1 aromatic heterocycles. The number of rotatable bonds is 2. The van der Waals surface area contributed by atoms with Crippen LogP contribution in [0.5, 0.6) is 0 Å². The van der Waals surface area contributed by atoms with Crippen LogP contribution in [-0.2, 0) is 0 Å². The monoisotopic (exact) mass is 267 g/mol. The molecule has 3 nitrogen and oxygen atoms in total. The summed E-state index contributed by atoms with van der Waals surface area (Å²) in [6.07, 6.45) is 6.46. The highest BCUT2D eigenvalue weighted by Crippen LogP contribution is 2.27. The van der Waals surface area contributed by atoms with E-state index in [1.807, 2.05) is 13.8 Å². The Bertz CT molecular complexity index is 420. The lowest BCUT2D eigenvalue weighted by molar-refractivity contribution is 0.455. The van der Waals surface area contributed by atoms with E-state index in [0.717, 1.165) is 17.2 Å². The Kier molecular flexibility index (Phi) is 4.44. The number of nitrogens with zero attached hydrogens (tertiary/aromatic N) is 2. The minimum absolute atomic E-state index is 0.474. The van der Waals surface area contributed by atoms with Crippen LogP contribution in [0.25, 0.3) is 0 Å². The third-order valence-electron chi connectivity index (χ3n) is 3.95. The molecule has 1 heterocycles. The zero-order valence-electron chi connectivity index (χ0n) is 11.5. The van der Waals surface area contributed by atoms with E-state index >= 15 is 0 Å². The van der Waals surface area contributed by atoms with Crippen LogP contribution in [0.4, 0.5) is 5.82 Å². The fourth-order valence-corrected chi connectivity index (χ4v) is 2.77. The molecule has 100 valence electrons. The number of anilines is 1. The molecule has 0 radical (unpaired) electrons. The zero-order valence-corrected chi connectivity index (χ0v) is 12.2. The molecule has 2 unspecified atom stereocenters. The molecule has 0 aromatic carbocycles. The Morgan fingerprint density at radius 2 is 1.72 bits per heavy atom. The van der Waals surface area contributed by atoms with Gasteiger partial charge in [-0.1, -0.05) is 37.8 Å². The van der Waals surface area contributed by atoms with Gasteiger partial charge in [-0.25, -0.2) is 9.97 Å². The molecule has 1 aromatic rings. The predicted octanol–water partition coefficient (Wildman–Crippen LogP) is 4.13. The molecule has 0 amide bonds. The van der Waals surface area contributed by atoms with Crippen molar-refractivity contribution in [3.63, 3.8) is 0 Å². The minimum atomic E-state index is 0.474. The Balaban J connectivity index is 2.14. The van der Waals surface area contributed by atoms with Gasteiger partial charge in [0, 0.05) is 6.04 Å². The van der Waals surface area contributed by atoms with E-state index in [1.165, 1.54) is 32.1 Å². The fraction of sp³-hybridized carbons (Fsp3) is 0.714. The van der Waals surface area contributed by atoms with E-state index in [-0.39, 0.29) is 0 Å². The van der Waals surface area contributed by atoms with Crippen LogP contribution >= 0.6 is 11.6 Å². The van der Waals surface area contributed by atoms with Crippen molar-refractivity contribution in [3.8, 4) is 0 Å². The zero-order chi connectivity index (χ0) is 13.1. The second-order valence-electron chi connectivity index (χ2n) is 5.40. The number of halogens is 1. The van der Waals surface area contributed by atoms with E-state index in [4.69, 9.17) is 11.6 Å². The summed E-state index contributed by atoms with van der Waals surface area (Å²) in [6, 6.07) is 0.474. The maximum absolute atomic E-state index is 6.17. The van der Waals surface area contributed by atoms with Gasteiger partial charge >= 0.3 is 0 Å². The van der Waals surface area contributed by atoms with Crippen LogP contribution in [0.15, 0.2) is 0 Å². The summed E-state index contributed by atoms with van der Waals surface area (Å²) in [6.45, 7) is 6.22. The first-order valence-electron chi connectivity index (χ1n) is 6.85. The highest BCUT2D eigenvalue weighted by atomic mass is 35.5. The maximum Gasteiger partial charge on any atom is 0.171 e. The van der Waals surface area contributed by atoms with Crippen molar-refractivity contribution in [3.05, 3.63) is 16.5 Å². The highest BCUT2D eigenvalue weighted by molar-refractivity contribution is 6.31. The van der Waals surface area contributed by atoms with E-state index in [2.05, 4.69) is 22.2 Å². The van der Waals surface area contributed by atoms with E-state index in [0.29, 0.717) is 17.1 Å². The summed E-state index contributed by atoms with van der Waals surface area (Å²) < 4.78 is 0. The predicted molar refractivity (Wildman–Crippen MR) is 76.2 cm³/mol. The first kappa shape index (κ1) is 13.6. The van der Waals surface area contributed by atoms with Crippen molar-refractivity contribution in [2.75, 3.05) is 5.32 Å². The number of aryl methyl sites for hydroxylation is 2. The van der Waals surface area contributed by atoms with Crippen molar-refractivity contribution in [1.29, 1.82) is 0 Å². The number of nitrogens with one attached hydrogen (secondary N) is 1. The van der Waals surface area contributed by atoms with Gasteiger partial charge < -0.3 is 5.32 Å². The van der Waals surface area contributed by atoms with Crippen LogP contribution < -0.4 is 5.32 Å². The molecule has 1 aliphatic rings. The smallest absolute Gasteiger partial charge is 0.171 e. The highest BCUT2D eigenvalue weighted by Gasteiger charge is 2.21. The van der Waals surface area contributed by atoms with Gasteiger partial charge in [-0.3, -0.25) is 0 Å². The summed E-state index contributed by atoms with van der Waals surface area (Å²) >= 11 is 6.17. The van der Waals surface area contributed by atoms with E-state index < -0.39 is 0 Å². The summed E-state index contributed by atoms with van der Waals surface area (Å²) in [4.78, 5) is 8.85. The van der Waals surface area contributed by atoms with Gasteiger partial charge in [-0.2, -0.15) is 0 Å². The van der Waals surface area contributed by atoms with Gasteiger partial charge in [-0.05, 0) is 32.6 Å². The molecule has 1 saturated carbocycles. The van der Waals surface area contributed by atoms with Gasteiger partial charge in [0.15, 0.2) is 11.0 Å². The Morgan fingerprint density at radius 3 is 2.50 bits per heavy atom. The summed E-state index contributed by atoms with van der Waals surface area (Å²) in [5.41, 5.74) is 1.85. The minimum Gasteiger partial charge on any atom is -0.365 e. The van der Waals surface area contributed by atoms with Crippen LogP contribution in [0, 0.1) is 19.8 Å². The molecular formula is C14H22ClN3. The Morgan fingerprint density at radius 1 is 1.06 bits per heavy atom. The first-order valence-corrected chi connectivity index (χ1v) is 7.23. The summed E-state index contributed by atoms with van der Waals surface area (Å²) in [7, 11) is 0. The molecule has 4 heteroatoms. The topological polar surface area (TPSA) is 37.8 Å². The molecule has 2 rings (SSSR count). The van der Waals surface area contributed by atoms with Crippen molar-refractivity contribution in [1.82, 2.24) is 9.97 Å². The summed E-state index contributed by atoms with van der Waals surface area (Å²) in [5, 5.41) is 4.00. The standard InChI is InChI=1S/C14H22ClN3/c1-9-7-5-4-6-8-12(9)18-14-13(15)16-10(2)11(3)17-14/h9,12H,4-8H2,1-3H3,(H,17,18). The largest absolute Gasteiger partial charge is 0.365 e. The average molecular weight is 268 g/mol. The lowest BCUT2D eigenvalue weighted by atomic mass is 9.97. The van der Waals surface area contributed by atoms with Crippen LogP contribution in [0.1, 0.15) is 50.4 Å². The SMILES string of the molecule is Cc1nc(Cl)c(NC2CCCCCC2C)nc1C. The number of hydrogen-bond acceptors (Lipinski definition) is 3. The lowest BCUT2D eigenvalue weighted by Gasteiger charge is -2.24. The maximum atomic E-state index is 6.17. The van der Waals surface area contributed by atoms with Crippen molar-refractivity contribution < 1.29 is 0 Å². The molecule has 1 N–H and O–H groups in total. The van der Waals surface area contributed by atoms with Crippen molar-refractivity contribution in [2.45, 2.75) is 58.9 Å². The van der Waals surface area contributed by atoms with E-state index in [9.17, 15) is 0 Å². The third kappa shape index (κ3) is 3.14. The molecule has 1 aliphatic carbocycles. The Labute approximate surface area is 114 Å². The lowest BCUT2D eigenvalue weighted by Crippen LogP contribution is -2.27. The van der Waals surface area contributed by atoms with Gasteiger partial charge in [0.1, 0.15) is 0 Å². The van der Waals surface area contributed by atoms with Gasteiger partial charge in [0.2, 0.25) is 0 Å². The normalized spacial score (nSPS) is 24.7. The first-order chi connectivity index (χ1) is 8.58. The second kappa shape index (κ2) is 5.87. The molecule has 0 saturated heterocycles. The van der Waals surface area contributed by atoms with Gasteiger partial charge in [0.05, 0.1) is 11.4 Å². The molecule has 2 atom stereocenters. The quantitative estimate of drug-likeness (QED) is 0.819. The van der Waals surface area contributed by atoms with E-state index in [1.54, 1.807) is 0 Å². The second-order valence-corrected chi connectivity index (χ2v) is 5.76. The van der Waals surface area contributed by atoms with Crippen molar-refractivity contribution in [2.24, 2.45) is 5.92 Å².